The molecule has 0 aliphatic rings. The van der Waals surface area contributed by atoms with E-state index in [0.29, 0.717) is 13.1 Å². The Bertz CT molecular complexity index is 1720. The van der Waals surface area contributed by atoms with E-state index in [2.05, 4.69) is 125 Å². The Morgan fingerprint density at radius 3 is 1.58 bits per heavy atom. The number of rotatable bonds is 13. The van der Waals surface area contributed by atoms with Crippen LogP contribution in [0, 0.1) is 0 Å². The van der Waals surface area contributed by atoms with E-state index in [9.17, 15) is 9.59 Å². The molecule has 43 heavy (non-hydrogen) atoms. The van der Waals surface area contributed by atoms with E-state index in [-0.39, 0.29) is 5.92 Å². The summed E-state index contributed by atoms with van der Waals surface area (Å²) in [5.74, 6) is 0.126. The van der Waals surface area contributed by atoms with Gasteiger partial charge in [0.15, 0.2) is 0 Å². The number of carbonyl (C=O) groups excluding carboxylic acids is 2. The highest BCUT2D eigenvalue weighted by molar-refractivity contribution is 5.47. The molecule has 0 bridgehead atoms. The highest BCUT2D eigenvalue weighted by Gasteiger charge is 2.21. The summed E-state index contributed by atoms with van der Waals surface area (Å²) < 4.78 is 0. The van der Waals surface area contributed by atoms with Gasteiger partial charge in [-0.05, 0) is 75.8 Å². The molecule has 5 rings (SSSR count). The lowest BCUT2D eigenvalue weighted by Crippen LogP contribution is -2.10. The van der Waals surface area contributed by atoms with Gasteiger partial charge in [0.1, 0.15) is 0 Å². The predicted molar refractivity (Wildman–Crippen MR) is 172 cm³/mol. The smallest absolute Gasteiger partial charge is 0.211 e. The molecule has 212 valence electrons. The maximum atomic E-state index is 11.1. The van der Waals surface area contributed by atoms with Gasteiger partial charge in [0.25, 0.3) is 0 Å². The van der Waals surface area contributed by atoms with Crippen LogP contribution < -0.4 is 0 Å². The van der Waals surface area contributed by atoms with Crippen LogP contribution in [0.15, 0.2) is 137 Å². The number of isocyanates is 2. The standard InChI is InChI=1S/C39H34N2O2/c42-28-40-26-34-19-10-18-33(38(34)24-30-12-4-1-5-13-30)22-23-36(32-16-8-3-9-17-32)37-21-11-20-35(27-41-29-43)39(37)25-31-14-6-2-7-15-31/h1-21,36H,22-27H2. The Morgan fingerprint density at radius 2 is 1.00 bits per heavy atom. The summed E-state index contributed by atoms with van der Waals surface area (Å²) in [5, 5.41) is 0. The first kappa shape index (κ1) is 29.4. The predicted octanol–water partition coefficient (Wildman–Crippen LogP) is 8.30. The van der Waals surface area contributed by atoms with Gasteiger partial charge >= 0.3 is 0 Å². The molecular weight excluding hydrogens is 528 g/mol. The van der Waals surface area contributed by atoms with Crippen molar-refractivity contribution < 1.29 is 9.59 Å². The molecule has 0 heterocycles. The molecule has 1 unspecified atom stereocenters. The van der Waals surface area contributed by atoms with Crippen molar-refractivity contribution in [1.29, 1.82) is 0 Å². The van der Waals surface area contributed by atoms with Crippen LogP contribution in [-0.2, 0) is 41.9 Å². The normalized spacial score (nSPS) is 11.3. The third kappa shape index (κ3) is 7.78. The lowest BCUT2D eigenvalue weighted by Gasteiger charge is -2.24. The average molecular weight is 563 g/mol. The third-order valence-corrected chi connectivity index (χ3v) is 8.03. The zero-order valence-corrected chi connectivity index (χ0v) is 24.2. The fourth-order valence-corrected chi connectivity index (χ4v) is 5.96. The molecule has 5 aromatic rings. The average Bonchev–Trinajstić information content (AvgIpc) is 3.06. The van der Waals surface area contributed by atoms with Gasteiger partial charge in [0, 0.05) is 5.92 Å². The molecule has 5 aromatic carbocycles. The van der Waals surface area contributed by atoms with Gasteiger partial charge < -0.3 is 0 Å². The van der Waals surface area contributed by atoms with Crippen LogP contribution in [0.2, 0.25) is 0 Å². The summed E-state index contributed by atoms with van der Waals surface area (Å²) >= 11 is 0. The number of hydrogen-bond acceptors (Lipinski definition) is 4. The molecule has 0 fully saturated rings. The van der Waals surface area contributed by atoms with Crippen LogP contribution in [-0.4, -0.2) is 12.2 Å². The van der Waals surface area contributed by atoms with Crippen LogP contribution in [0.1, 0.15) is 62.4 Å². The highest BCUT2D eigenvalue weighted by Crippen LogP contribution is 2.35. The highest BCUT2D eigenvalue weighted by atomic mass is 16.1. The summed E-state index contributed by atoms with van der Waals surface area (Å²) in [4.78, 5) is 30.0. The lowest BCUT2D eigenvalue weighted by molar-refractivity contribution is 0.562. The van der Waals surface area contributed by atoms with E-state index >= 15 is 0 Å². The summed E-state index contributed by atoms with van der Waals surface area (Å²) in [6.07, 6.45) is 6.69. The summed E-state index contributed by atoms with van der Waals surface area (Å²) in [7, 11) is 0. The van der Waals surface area contributed by atoms with Crippen molar-refractivity contribution in [2.75, 3.05) is 0 Å². The van der Waals surface area contributed by atoms with Crippen LogP contribution in [0.5, 0.6) is 0 Å². The Morgan fingerprint density at radius 1 is 0.512 bits per heavy atom. The first-order chi connectivity index (χ1) is 21.3. The Kier molecular flexibility index (Phi) is 10.4. The molecule has 0 saturated carbocycles. The largest absolute Gasteiger partial charge is 0.235 e. The van der Waals surface area contributed by atoms with Gasteiger partial charge in [-0.1, -0.05) is 127 Å². The van der Waals surface area contributed by atoms with E-state index in [4.69, 9.17) is 0 Å². The Hall–Kier alpha value is -5.14. The first-order valence-electron chi connectivity index (χ1n) is 14.7. The van der Waals surface area contributed by atoms with E-state index in [0.717, 1.165) is 36.8 Å². The molecule has 4 nitrogen and oxygen atoms in total. The zero-order chi connectivity index (χ0) is 29.7. The SMILES string of the molecule is O=C=NCc1cccc(CCC(c2ccccc2)c2cccc(CN=C=O)c2Cc2ccccc2)c1Cc1ccccc1. The molecule has 0 radical (unpaired) electrons. The van der Waals surface area contributed by atoms with Gasteiger partial charge in [0.05, 0.1) is 13.1 Å². The molecule has 0 amide bonds. The fourth-order valence-electron chi connectivity index (χ4n) is 5.96. The molecule has 0 saturated heterocycles. The van der Waals surface area contributed by atoms with E-state index < -0.39 is 0 Å². The molecular formula is C39H34N2O2. The third-order valence-electron chi connectivity index (χ3n) is 8.03. The second-order valence-corrected chi connectivity index (χ2v) is 10.7. The van der Waals surface area contributed by atoms with E-state index in [1.54, 1.807) is 12.2 Å². The minimum atomic E-state index is 0.126. The molecule has 4 heteroatoms. The molecule has 0 aliphatic heterocycles. The minimum Gasteiger partial charge on any atom is -0.211 e. The first-order valence-corrected chi connectivity index (χ1v) is 14.7. The van der Waals surface area contributed by atoms with Gasteiger partial charge in [0.2, 0.25) is 12.2 Å². The number of aliphatic imine (C=N–C) groups is 2. The van der Waals surface area contributed by atoms with Crippen molar-refractivity contribution in [2.45, 2.75) is 44.7 Å². The number of aryl methyl sites for hydroxylation is 1. The van der Waals surface area contributed by atoms with Crippen LogP contribution >= 0.6 is 0 Å². The van der Waals surface area contributed by atoms with Gasteiger partial charge in [-0.2, -0.15) is 0 Å². The Balaban J connectivity index is 1.56. The van der Waals surface area contributed by atoms with Crippen molar-refractivity contribution in [3.05, 3.63) is 177 Å². The summed E-state index contributed by atoms with van der Waals surface area (Å²) in [6, 6.07) is 44.2. The summed E-state index contributed by atoms with van der Waals surface area (Å²) in [6.45, 7) is 0.629. The maximum absolute atomic E-state index is 11.1. The molecule has 0 N–H and O–H groups in total. The quantitative estimate of drug-likeness (QED) is 0.107. The van der Waals surface area contributed by atoms with E-state index in [1.165, 1.54) is 38.9 Å². The van der Waals surface area contributed by atoms with Crippen molar-refractivity contribution in [3.63, 3.8) is 0 Å². The molecule has 0 aromatic heterocycles. The molecule has 1 atom stereocenters. The van der Waals surface area contributed by atoms with Gasteiger partial charge in [-0.25, -0.2) is 19.6 Å². The topological polar surface area (TPSA) is 58.9 Å². The fraction of sp³-hybridized carbons (Fsp3) is 0.179. The second kappa shape index (κ2) is 15.2. The number of benzene rings is 5. The van der Waals surface area contributed by atoms with Gasteiger partial charge in [-0.15, -0.1) is 0 Å². The molecule has 0 aliphatic carbocycles. The van der Waals surface area contributed by atoms with Crippen molar-refractivity contribution >= 4 is 12.2 Å². The number of hydrogen-bond donors (Lipinski definition) is 0. The minimum absolute atomic E-state index is 0.126. The Labute approximate surface area is 253 Å². The zero-order valence-electron chi connectivity index (χ0n) is 24.2. The van der Waals surface area contributed by atoms with E-state index in [1.807, 2.05) is 12.1 Å². The van der Waals surface area contributed by atoms with Crippen LogP contribution in [0.3, 0.4) is 0 Å². The number of nitrogens with zero attached hydrogens (tertiary/aromatic N) is 2. The monoisotopic (exact) mass is 562 g/mol. The second-order valence-electron chi connectivity index (χ2n) is 10.7. The summed E-state index contributed by atoms with van der Waals surface area (Å²) in [5.41, 5.74) is 10.7. The van der Waals surface area contributed by atoms with Crippen molar-refractivity contribution in [2.24, 2.45) is 9.98 Å². The van der Waals surface area contributed by atoms with Crippen molar-refractivity contribution in [1.82, 2.24) is 0 Å². The van der Waals surface area contributed by atoms with Crippen molar-refractivity contribution in [3.8, 4) is 0 Å². The lowest BCUT2D eigenvalue weighted by atomic mass is 9.80. The van der Waals surface area contributed by atoms with Crippen LogP contribution in [0.25, 0.3) is 0 Å². The van der Waals surface area contributed by atoms with Crippen LogP contribution in [0.4, 0.5) is 0 Å². The maximum Gasteiger partial charge on any atom is 0.235 e. The molecule has 0 spiro atoms. The van der Waals surface area contributed by atoms with Gasteiger partial charge in [-0.3, -0.25) is 0 Å².